The number of ether oxygens (including phenoxy) is 1. The second-order valence-electron chi connectivity index (χ2n) is 2.41. The normalized spacial score (nSPS) is 11.0. The van der Waals surface area contributed by atoms with Gasteiger partial charge in [0.25, 0.3) is 0 Å². The first-order chi connectivity index (χ1) is 4.57. The van der Waals surface area contributed by atoms with E-state index >= 15 is 0 Å². The van der Waals surface area contributed by atoms with E-state index in [1.165, 1.54) is 0 Å². The van der Waals surface area contributed by atoms with Gasteiger partial charge >= 0.3 is 0 Å². The molecule has 10 heavy (non-hydrogen) atoms. The summed E-state index contributed by atoms with van der Waals surface area (Å²) >= 11 is 0. The van der Waals surface area contributed by atoms with Crippen LogP contribution in [-0.4, -0.2) is 7.11 Å². The van der Waals surface area contributed by atoms with Crippen molar-refractivity contribution in [1.29, 1.82) is 0 Å². The molecule has 0 aliphatic heterocycles. The van der Waals surface area contributed by atoms with Gasteiger partial charge in [0, 0.05) is 5.70 Å². The molecule has 2 heteroatoms. The standard InChI is InChI=1S/C8H15NO/c1-6(2)8(9)5-7(3)10-4/h5H,9H2,1-4H3/b7-5+. The van der Waals surface area contributed by atoms with Crippen LogP contribution in [0, 0.1) is 0 Å². The lowest BCUT2D eigenvalue weighted by molar-refractivity contribution is 0.293. The van der Waals surface area contributed by atoms with E-state index in [1.807, 2.05) is 26.8 Å². The van der Waals surface area contributed by atoms with Crippen LogP contribution in [0.3, 0.4) is 0 Å². The minimum absolute atomic E-state index is 0.777. The second-order valence-corrected chi connectivity index (χ2v) is 2.41. The lowest BCUT2D eigenvalue weighted by Crippen LogP contribution is -1.97. The lowest BCUT2D eigenvalue weighted by Gasteiger charge is -2.00. The molecule has 0 saturated carbocycles. The van der Waals surface area contributed by atoms with E-state index in [0.717, 1.165) is 17.0 Å². The predicted molar refractivity (Wildman–Crippen MR) is 43.3 cm³/mol. The smallest absolute Gasteiger partial charge is 0.0945 e. The third-order valence-corrected chi connectivity index (χ3v) is 1.26. The molecule has 2 nitrogen and oxygen atoms in total. The van der Waals surface area contributed by atoms with Crippen molar-refractivity contribution in [2.75, 3.05) is 7.11 Å². The van der Waals surface area contributed by atoms with Crippen LogP contribution in [0.1, 0.15) is 20.8 Å². The average Bonchev–Trinajstić information content (AvgIpc) is 1.87. The molecule has 0 aromatic rings. The van der Waals surface area contributed by atoms with Crippen LogP contribution in [-0.2, 0) is 4.74 Å². The minimum Gasteiger partial charge on any atom is -0.501 e. The minimum atomic E-state index is 0.777. The molecular weight excluding hydrogens is 126 g/mol. The zero-order chi connectivity index (χ0) is 8.15. The van der Waals surface area contributed by atoms with E-state index in [-0.39, 0.29) is 0 Å². The molecule has 0 fully saturated rings. The Hall–Kier alpha value is -0.920. The van der Waals surface area contributed by atoms with Crippen molar-refractivity contribution < 1.29 is 4.74 Å². The Morgan fingerprint density at radius 1 is 1.30 bits per heavy atom. The monoisotopic (exact) mass is 141 g/mol. The third kappa shape index (κ3) is 3.17. The van der Waals surface area contributed by atoms with Gasteiger partial charge in [0.05, 0.1) is 12.9 Å². The summed E-state index contributed by atoms with van der Waals surface area (Å²) in [4.78, 5) is 0. The van der Waals surface area contributed by atoms with E-state index in [0.29, 0.717) is 0 Å². The molecule has 0 heterocycles. The molecule has 0 bridgehead atoms. The molecule has 0 rings (SSSR count). The first-order valence-electron chi connectivity index (χ1n) is 3.23. The highest BCUT2D eigenvalue weighted by Crippen LogP contribution is 2.01. The quantitative estimate of drug-likeness (QED) is 0.470. The Labute approximate surface area is 62.4 Å². The van der Waals surface area contributed by atoms with Gasteiger partial charge in [-0.1, -0.05) is 5.57 Å². The van der Waals surface area contributed by atoms with E-state index in [9.17, 15) is 0 Å². The van der Waals surface area contributed by atoms with Gasteiger partial charge in [-0.15, -0.1) is 0 Å². The highest BCUT2D eigenvalue weighted by Gasteiger charge is 1.89. The van der Waals surface area contributed by atoms with Crippen molar-refractivity contribution in [2.24, 2.45) is 5.73 Å². The van der Waals surface area contributed by atoms with Crippen LogP contribution in [0.5, 0.6) is 0 Å². The Kier molecular flexibility index (Phi) is 3.62. The van der Waals surface area contributed by atoms with Gasteiger partial charge in [0.1, 0.15) is 0 Å². The van der Waals surface area contributed by atoms with E-state index in [1.54, 1.807) is 7.11 Å². The molecule has 0 aromatic carbocycles. The van der Waals surface area contributed by atoms with Crippen LogP contribution in [0.4, 0.5) is 0 Å². The molecular formula is C8H15NO. The summed E-state index contributed by atoms with van der Waals surface area (Å²) in [5, 5.41) is 0. The van der Waals surface area contributed by atoms with Gasteiger partial charge < -0.3 is 10.5 Å². The zero-order valence-corrected chi connectivity index (χ0v) is 7.06. The Bertz CT molecular complexity index is 164. The maximum atomic E-state index is 5.62. The summed E-state index contributed by atoms with van der Waals surface area (Å²) in [6, 6.07) is 0. The molecule has 0 saturated heterocycles. The van der Waals surface area contributed by atoms with Crippen molar-refractivity contribution in [2.45, 2.75) is 20.8 Å². The van der Waals surface area contributed by atoms with Crippen LogP contribution in [0.15, 0.2) is 23.1 Å². The summed E-state index contributed by atoms with van der Waals surface area (Å²) in [6.45, 7) is 5.80. The van der Waals surface area contributed by atoms with Crippen molar-refractivity contribution in [3.8, 4) is 0 Å². The third-order valence-electron chi connectivity index (χ3n) is 1.26. The van der Waals surface area contributed by atoms with Gasteiger partial charge in [-0.3, -0.25) is 0 Å². The summed E-state index contributed by atoms with van der Waals surface area (Å²) in [5.41, 5.74) is 7.50. The van der Waals surface area contributed by atoms with Gasteiger partial charge in [0.15, 0.2) is 0 Å². The lowest BCUT2D eigenvalue weighted by atomic mass is 10.2. The highest BCUT2D eigenvalue weighted by atomic mass is 16.5. The molecule has 0 aromatic heterocycles. The summed E-state index contributed by atoms with van der Waals surface area (Å²) < 4.78 is 4.92. The van der Waals surface area contributed by atoms with Crippen LogP contribution in [0.25, 0.3) is 0 Å². The number of nitrogens with two attached hydrogens (primary N) is 1. The Balaban J connectivity index is 4.27. The molecule has 2 N–H and O–H groups in total. The fraction of sp³-hybridized carbons (Fsp3) is 0.500. The van der Waals surface area contributed by atoms with Crippen molar-refractivity contribution in [3.63, 3.8) is 0 Å². The second kappa shape index (κ2) is 3.99. The molecule has 0 amide bonds. The number of hydrogen-bond acceptors (Lipinski definition) is 2. The molecule has 58 valence electrons. The van der Waals surface area contributed by atoms with E-state index < -0.39 is 0 Å². The average molecular weight is 141 g/mol. The van der Waals surface area contributed by atoms with Crippen LogP contribution >= 0.6 is 0 Å². The fourth-order valence-corrected chi connectivity index (χ4v) is 0.422. The summed E-state index contributed by atoms with van der Waals surface area (Å²) in [7, 11) is 1.63. The molecule has 0 unspecified atom stereocenters. The van der Waals surface area contributed by atoms with Gasteiger partial charge in [-0.05, 0) is 26.8 Å². The van der Waals surface area contributed by atoms with E-state index in [4.69, 9.17) is 10.5 Å². The van der Waals surface area contributed by atoms with Crippen molar-refractivity contribution in [3.05, 3.63) is 23.1 Å². The van der Waals surface area contributed by atoms with Gasteiger partial charge in [-0.2, -0.15) is 0 Å². The molecule has 0 aliphatic carbocycles. The fourth-order valence-electron chi connectivity index (χ4n) is 0.422. The first kappa shape index (κ1) is 9.08. The largest absolute Gasteiger partial charge is 0.501 e. The summed E-state index contributed by atoms with van der Waals surface area (Å²) in [6.07, 6.45) is 1.81. The predicted octanol–water partition coefficient (Wildman–Crippen LogP) is 1.79. The van der Waals surface area contributed by atoms with Gasteiger partial charge in [0.2, 0.25) is 0 Å². The van der Waals surface area contributed by atoms with Crippen LogP contribution < -0.4 is 5.73 Å². The zero-order valence-electron chi connectivity index (χ0n) is 7.06. The van der Waals surface area contributed by atoms with Crippen molar-refractivity contribution in [1.82, 2.24) is 0 Å². The maximum absolute atomic E-state index is 5.62. The first-order valence-corrected chi connectivity index (χ1v) is 3.23. The maximum Gasteiger partial charge on any atom is 0.0945 e. The number of allylic oxidation sites excluding steroid dienone is 3. The SMILES string of the molecule is CO/C(C)=C/C(N)=C(C)C. The number of hydrogen-bond donors (Lipinski definition) is 1. The highest BCUT2D eigenvalue weighted by molar-refractivity contribution is 5.21. The Morgan fingerprint density at radius 2 is 1.80 bits per heavy atom. The molecule has 0 aliphatic rings. The molecule has 0 atom stereocenters. The number of rotatable bonds is 2. The van der Waals surface area contributed by atoms with E-state index in [2.05, 4.69) is 0 Å². The van der Waals surface area contributed by atoms with Gasteiger partial charge in [-0.25, -0.2) is 0 Å². The molecule has 0 spiro atoms. The van der Waals surface area contributed by atoms with Crippen LogP contribution in [0.2, 0.25) is 0 Å². The summed E-state index contributed by atoms with van der Waals surface area (Å²) in [5.74, 6) is 0.832. The van der Waals surface area contributed by atoms with Crippen molar-refractivity contribution >= 4 is 0 Å². The topological polar surface area (TPSA) is 35.2 Å². The molecule has 0 radical (unpaired) electrons. The Morgan fingerprint density at radius 3 is 2.10 bits per heavy atom. The number of methoxy groups -OCH3 is 1.